The zero-order chi connectivity index (χ0) is 14.6. The van der Waals surface area contributed by atoms with Crippen LogP contribution in [-0.2, 0) is 6.54 Å². The Hall–Kier alpha value is -1.33. The molecule has 2 nitrogen and oxygen atoms in total. The molecule has 20 heavy (non-hydrogen) atoms. The summed E-state index contributed by atoms with van der Waals surface area (Å²) in [5, 5.41) is 12.7. The normalized spacial score (nSPS) is 23.3. The number of hydrogen-bond acceptors (Lipinski definition) is 2. The van der Waals surface area contributed by atoms with Crippen molar-refractivity contribution in [1.82, 2.24) is 5.32 Å². The molecule has 0 heterocycles. The second-order valence-corrected chi connectivity index (χ2v) is 7.06. The summed E-state index contributed by atoms with van der Waals surface area (Å²) < 4.78 is 0. The molecule has 1 aromatic carbocycles. The lowest BCUT2D eigenvalue weighted by molar-refractivity contribution is 0.130. The lowest BCUT2D eigenvalue weighted by Crippen LogP contribution is -2.43. The van der Waals surface area contributed by atoms with Crippen molar-refractivity contribution in [3.63, 3.8) is 0 Å². The first-order valence-corrected chi connectivity index (χ1v) is 7.73. The molecular formula is C18H26N2. The Balaban J connectivity index is 1.99. The molecule has 0 spiro atoms. The summed E-state index contributed by atoms with van der Waals surface area (Å²) in [6.07, 6.45) is 5.31. The van der Waals surface area contributed by atoms with Crippen molar-refractivity contribution < 1.29 is 0 Å². The molecular weight excluding hydrogens is 244 g/mol. The minimum atomic E-state index is 0.368. The van der Waals surface area contributed by atoms with E-state index in [4.69, 9.17) is 5.26 Å². The topological polar surface area (TPSA) is 35.8 Å². The number of nitrogens with one attached hydrogen (secondary N) is 1. The number of nitrogens with zero attached hydrogens (tertiary/aromatic N) is 1. The minimum absolute atomic E-state index is 0.368. The van der Waals surface area contributed by atoms with Gasteiger partial charge in [0.25, 0.3) is 0 Å². The first kappa shape index (κ1) is 15.1. The lowest BCUT2D eigenvalue weighted by atomic mass is 9.69. The molecule has 0 saturated heterocycles. The Labute approximate surface area is 123 Å². The van der Waals surface area contributed by atoms with E-state index < -0.39 is 0 Å². The molecule has 1 aromatic rings. The second kappa shape index (κ2) is 6.41. The molecule has 1 fully saturated rings. The van der Waals surface area contributed by atoms with E-state index in [1.54, 1.807) is 0 Å². The van der Waals surface area contributed by atoms with Gasteiger partial charge in [-0.25, -0.2) is 0 Å². The summed E-state index contributed by atoms with van der Waals surface area (Å²) in [5.74, 6) is 0.746. The molecule has 0 amide bonds. The summed E-state index contributed by atoms with van der Waals surface area (Å²) in [6.45, 7) is 7.93. The number of hydrogen-bond donors (Lipinski definition) is 1. The highest BCUT2D eigenvalue weighted by Gasteiger charge is 2.33. The van der Waals surface area contributed by atoms with Gasteiger partial charge in [0.2, 0.25) is 0 Å². The van der Waals surface area contributed by atoms with Crippen molar-refractivity contribution in [2.24, 2.45) is 11.3 Å². The van der Waals surface area contributed by atoms with E-state index in [2.05, 4.69) is 38.2 Å². The highest BCUT2D eigenvalue weighted by atomic mass is 14.9. The first-order chi connectivity index (χ1) is 9.50. The fourth-order valence-corrected chi connectivity index (χ4v) is 3.41. The van der Waals surface area contributed by atoms with Gasteiger partial charge in [0.1, 0.15) is 0 Å². The van der Waals surface area contributed by atoms with Gasteiger partial charge in [-0.2, -0.15) is 5.26 Å². The molecule has 2 heteroatoms. The highest BCUT2D eigenvalue weighted by Crippen LogP contribution is 2.38. The predicted octanol–water partition coefficient (Wildman–Crippen LogP) is 4.25. The van der Waals surface area contributed by atoms with Gasteiger partial charge < -0.3 is 5.32 Å². The molecule has 1 aliphatic rings. The van der Waals surface area contributed by atoms with E-state index in [1.807, 2.05) is 18.2 Å². The summed E-state index contributed by atoms with van der Waals surface area (Å²) >= 11 is 0. The van der Waals surface area contributed by atoms with E-state index in [1.165, 1.54) is 31.2 Å². The van der Waals surface area contributed by atoms with E-state index in [0.29, 0.717) is 11.5 Å². The van der Waals surface area contributed by atoms with Crippen LogP contribution >= 0.6 is 0 Å². The van der Waals surface area contributed by atoms with Crippen molar-refractivity contribution in [3.8, 4) is 6.07 Å². The maximum atomic E-state index is 8.96. The van der Waals surface area contributed by atoms with Gasteiger partial charge in [0.15, 0.2) is 0 Å². The van der Waals surface area contributed by atoms with Crippen molar-refractivity contribution in [2.45, 2.75) is 59.0 Å². The standard InChI is InChI=1S/C18H26N2/c1-18(2,3)16-9-4-5-10-17(16)20-13-15-8-6-7-14(11-15)12-19/h6-8,11,16-17,20H,4-5,9-10,13H2,1-3H3/t16-,17-/m0/s1. The van der Waals surface area contributed by atoms with Crippen LogP contribution in [0.5, 0.6) is 0 Å². The third-order valence-electron chi connectivity index (χ3n) is 4.50. The molecule has 0 aliphatic heterocycles. The third kappa shape index (κ3) is 3.84. The Bertz CT molecular complexity index is 479. The highest BCUT2D eigenvalue weighted by molar-refractivity contribution is 5.32. The molecule has 0 unspecified atom stereocenters. The van der Waals surface area contributed by atoms with Crippen molar-refractivity contribution in [2.75, 3.05) is 0 Å². The molecule has 0 bridgehead atoms. The van der Waals surface area contributed by atoms with Crippen molar-refractivity contribution in [3.05, 3.63) is 35.4 Å². The molecule has 108 valence electrons. The molecule has 0 radical (unpaired) electrons. The summed E-state index contributed by atoms with van der Waals surface area (Å²) in [7, 11) is 0. The Morgan fingerprint density at radius 2 is 2.00 bits per heavy atom. The Kier molecular flexibility index (Phi) is 4.83. The fourth-order valence-electron chi connectivity index (χ4n) is 3.41. The SMILES string of the molecule is CC(C)(C)[C@H]1CCCC[C@@H]1NCc1cccc(C#N)c1. The van der Waals surface area contributed by atoms with E-state index >= 15 is 0 Å². The van der Waals surface area contributed by atoms with E-state index in [9.17, 15) is 0 Å². The zero-order valence-electron chi connectivity index (χ0n) is 12.9. The van der Waals surface area contributed by atoms with Gasteiger partial charge in [-0.1, -0.05) is 45.7 Å². The van der Waals surface area contributed by atoms with Crippen LogP contribution in [0.25, 0.3) is 0 Å². The monoisotopic (exact) mass is 270 g/mol. The number of benzene rings is 1. The summed E-state index contributed by atoms with van der Waals surface area (Å²) in [5.41, 5.74) is 2.33. The molecule has 2 rings (SSSR count). The van der Waals surface area contributed by atoms with Gasteiger partial charge in [-0.15, -0.1) is 0 Å². The maximum Gasteiger partial charge on any atom is 0.0991 e. The smallest absolute Gasteiger partial charge is 0.0991 e. The van der Waals surface area contributed by atoms with Crippen LogP contribution in [0.3, 0.4) is 0 Å². The lowest BCUT2D eigenvalue weighted by Gasteiger charge is -2.41. The van der Waals surface area contributed by atoms with Crippen LogP contribution in [0.15, 0.2) is 24.3 Å². The number of nitriles is 1. The summed E-state index contributed by atoms with van der Waals surface area (Å²) in [6, 6.07) is 10.7. The zero-order valence-corrected chi connectivity index (χ0v) is 12.9. The molecule has 1 saturated carbocycles. The fraction of sp³-hybridized carbons (Fsp3) is 0.611. The van der Waals surface area contributed by atoms with Crippen LogP contribution in [0.2, 0.25) is 0 Å². The average Bonchev–Trinajstić information content (AvgIpc) is 2.44. The van der Waals surface area contributed by atoms with Gasteiger partial charge in [0, 0.05) is 12.6 Å². The van der Waals surface area contributed by atoms with Gasteiger partial charge in [-0.3, -0.25) is 0 Å². The van der Waals surface area contributed by atoms with Crippen molar-refractivity contribution in [1.29, 1.82) is 5.26 Å². The van der Waals surface area contributed by atoms with Crippen LogP contribution in [0, 0.1) is 22.7 Å². The van der Waals surface area contributed by atoms with Crippen LogP contribution < -0.4 is 5.32 Å². The van der Waals surface area contributed by atoms with Crippen LogP contribution in [-0.4, -0.2) is 6.04 Å². The van der Waals surface area contributed by atoms with E-state index in [-0.39, 0.29) is 0 Å². The van der Waals surface area contributed by atoms with Crippen LogP contribution in [0.1, 0.15) is 57.6 Å². The Morgan fingerprint density at radius 3 is 2.70 bits per heavy atom. The van der Waals surface area contributed by atoms with Crippen LogP contribution in [0.4, 0.5) is 0 Å². The molecule has 2 atom stereocenters. The first-order valence-electron chi connectivity index (χ1n) is 7.73. The third-order valence-corrected chi connectivity index (χ3v) is 4.50. The van der Waals surface area contributed by atoms with Crippen molar-refractivity contribution >= 4 is 0 Å². The quantitative estimate of drug-likeness (QED) is 0.891. The molecule has 0 aromatic heterocycles. The van der Waals surface area contributed by atoms with Gasteiger partial charge in [0.05, 0.1) is 11.6 Å². The molecule has 1 N–H and O–H groups in total. The second-order valence-electron chi connectivity index (χ2n) is 7.06. The number of rotatable bonds is 3. The van der Waals surface area contributed by atoms with E-state index in [0.717, 1.165) is 18.0 Å². The maximum absolute atomic E-state index is 8.96. The average molecular weight is 270 g/mol. The minimum Gasteiger partial charge on any atom is -0.310 e. The molecule has 1 aliphatic carbocycles. The predicted molar refractivity (Wildman–Crippen MR) is 83.2 cm³/mol. The van der Waals surface area contributed by atoms with Gasteiger partial charge in [-0.05, 0) is 41.9 Å². The largest absolute Gasteiger partial charge is 0.310 e. The summed E-state index contributed by atoms with van der Waals surface area (Å²) in [4.78, 5) is 0. The van der Waals surface area contributed by atoms with Gasteiger partial charge >= 0.3 is 0 Å². The Morgan fingerprint density at radius 1 is 1.25 bits per heavy atom.